The highest BCUT2D eigenvalue weighted by atomic mass is 17.2. The molecule has 0 bridgehead atoms. The van der Waals surface area contributed by atoms with Crippen LogP contribution in [0.25, 0.3) is 0 Å². The molecule has 0 amide bonds. The number of carbonyl (C=O) groups is 1. The summed E-state index contributed by atoms with van der Waals surface area (Å²) in [6, 6.07) is -0.401. The van der Waals surface area contributed by atoms with Crippen LogP contribution in [0.5, 0.6) is 5.75 Å². The van der Waals surface area contributed by atoms with Crippen molar-refractivity contribution in [3.05, 3.63) is 42.5 Å². The Labute approximate surface area is 155 Å². The smallest absolute Gasteiger partial charge is 0.370 e. The summed E-state index contributed by atoms with van der Waals surface area (Å²) < 4.78 is 0. The highest BCUT2D eigenvalue weighted by Crippen LogP contribution is 2.40. The Balaban J connectivity index is 2.97. The lowest BCUT2D eigenvalue weighted by atomic mass is 10.2. The van der Waals surface area contributed by atoms with Crippen LogP contribution in [0.2, 0.25) is 0 Å². The Bertz CT molecular complexity index is 787. The van der Waals surface area contributed by atoms with Gasteiger partial charge in [-0.1, -0.05) is 0 Å². The number of nitro groups is 3. The van der Waals surface area contributed by atoms with Crippen LogP contribution in [0.1, 0.15) is 12.8 Å². The fourth-order valence-electron chi connectivity index (χ4n) is 1.83. The number of nitrogens with zero attached hydrogens (tertiary/aromatic N) is 4. The number of nitrogens with two attached hydrogens (primary N) is 3. The van der Waals surface area contributed by atoms with Gasteiger partial charge in [0.15, 0.2) is 5.96 Å². The molecule has 16 nitrogen and oxygen atoms in total. The molecule has 1 unspecified atom stereocenters. The highest BCUT2D eigenvalue weighted by Gasteiger charge is 2.34. The average Bonchev–Trinajstić information content (AvgIpc) is 2.61. The van der Waals surface area contributed by atoms with Crippen molar-refractivity contribution >= 4 is 29.0 Å². The normalized spacial score (nSPS) is 11.2. The topological polar surface area (TPSA) is 255 Å². The van der Waals surface area contributed by atoms with Gasteiger partial charge in [-0.2, -0.15) is 0 Å². The number of benzene rings is 1. The molecule has 0 aliphatic carbocycles. The Morgan fingerprint density at radius 3 is 2.04 bits per heavy atom. The summed E-state index contributed by atoms with van der Waals surface area (Å²) in [5.41, 5.74) is 12.6. The van der Waals surface area contributed by atoms with Crippen molar-refractivity contribution in [1.82, 2.24) is 0 Å². The Morgan fingerprint density at radius 1 is 1.07 bits per heavy atom. The zero-order valence-electron chi connectivity index (χ0n) is 14.0. The lowest BCUT2D eigenvalue weighted by molar-refractivity contribution is -0.407. The fraction of sp³-hybridized carbons (Fsp3) is 0.333. The molecule has 0 aliphatic heterocycles. The first-order valence-electron chi connectivity index (χ1n) is 7.35. The minimum atomic E-state index is -1.25. The molecule has 0 spiro atoms. The van der Waals surface area contributed by atoms with Crippen LogP contribution in [-0.4, -0.2) is 39.3 Å². The lowest BCUT2D eigenvalue weighted by Crippen LogP contribution is -2.33. The van der Waals surface area contributed by atoms with Crippen LogP contribution < -0.4 is 22.1 Å². The molecule has 0 heterocycles. The molecule has 0 fully saturated rings. The van der Waals surface area contributed by atoms with Gasteiger partial charge in [-0.3, -0.25) is 40.2 Å². The van der Waals surface area contributed by atoms with E-state index in [-0.39, 0.29) is 25.3 Å². The molecule has 1 aromatic carbocycles. The summed E-state index contributed by atoms with van der Waals surface area (Å²) in [6.45, 7) is 0.170. The van der Waals surface area contributed by atoms with E-state index in [0.29, 0.717) is 12.1 Å². The van der Waals surface area contributed by atoms with Gasteiger partial charge in [0.05, 0.1) is 26.9 Å². The molecule has 0 aromatic heterocycles. The maximum absolute atomic E-state index is 11.8. The summed E-state index contributed by atoms with van der Waals surface area (Å²) in [5.74, 6) is -2.44. The van der Waals surface area contributed by atoms with Crippen LogP contribution in [0.4, 0.5) is 17.1 Å². The van der Waals surface area contributed by atoms with Gasteiger partial charge in [0.25, 0.3) is 5.69 Å². The second-order valence-electron chi connectivity index (χ2n) is 5.13. The molecule has 0 radical (unpaired) electrons. The van der Waals surface area contributed by atoms with E-state index in [2.05, 4.69) is 14.8 Å². The third kappa shape index (κ3) is 6.02. The molecular weight excluding hydrogens is 386 g/mol. The van der Waals surface area contributed by atoms with Gasteiger partial charge >= 0.3 is 23.1 Å². The van der Waals surface area contributed by atoms with E-state index in [9.17, 15) is 35.1 Å². The number of non-ortho nitro benzene ring substituents is 1. The summed E-state index contributed by atoms with van der Waals surface area (Å²) in [7, 11) is 0. The van der Waals surface area contributed by atoms with Gasteiger partial charge in [-0.25, -0.2) is 9.68 Å². The van der Waals surface area contributed by atoms with Crippen LogP contribution in [0.15, 0.2) is 17.1 Å². The van der Waals surface area contributed by atoms with Gasteiger partial charge in [-0.05, 0) is 12.8 Å². The summed E-state index contributed by atoms with van der Waals surface area (Å²) >= 11 is 0. The molecule has 0 saturated carbocycles. The van der Waals surface area contributed by atoms with E-state index >= 15 is 0 Å². The van der Waals surface area contributed by atoms with E-state index in [0.717, 1.165) is 0 Å². The third-order valence-corrected chi connectivity index (χ3v) is 3.12. The van der Waals surface area contributed by atoms with Crippen molar-refractivity contribution in [3.63, 3.8) is 0 Å². The first-order valence-corrected chi connectivity index (χ1v) is 7.35. The molecule has 28 heavy (non-hydrogen) atoms. The number of guanidine groups is 1. The molecule has 1 atom stereocenters. The molecule has 0 aliphatic rings. The summed E-state index contributed by atoms with van der Waals surface area (Å²) in [5, 5.41) is 32.9. The molecule has 0 saturated heterocycles. The maximum atomic E-state index is 11.8. The number of hydrogen-bond donors (Lipinski definition) is 3. The van der Waals surface area contributed by atoms with Crippen LogP contribution in [0, 0.1) is 30.3 Å². The molecule has 1 aromatic rings. The van der Waals surface area contributed by atoms with E-state index in [1.165, 1.54) is 0 Å². The Kier molecular flexibility index (Phi) is 7.51. The molecule has 6 N–H and O–H groups in total. The quantitative estimate of drug-likeness (QED) is 0.113. The van der Waals surface area contributed by atoms with Crippen molar-refractivity contribution in [2.75, 3.05) is 6.54 Å². The minimum absolute atomic E-state index is 0.0451. The van der Waals surface area contributed by atoms with E-state index in [4.69, 9.17) is 17.2 Å². The summed E-state index contributed by atoms with van der Waals surface area (Å²) in [6.07, 6.45) is 0.329. The van der Waals surface area contributed by atoms with E-state index < -0.39 is 49.6 Å². The number of nitro benzene ring substituents is 3. The van der Waals surface area contributed by atoms with Gasteiger partial charge in [-0.15, -0.1) is 0 Å². The van der Waals surface area contributed by atoms with Crippen molar-refractivity contribution in [1.29, 1.82) is 0 Å². The van der Waals surface area contributed by atoms with E-state index in [1.807, 2.05) is 0 Å². The van der Waals surface area contributed by atoms with Crippen molar-refractivity contribution in [2.45, 2.75) is 18.9 Å². The second-order valence-corrected chi connectivity index (χ2v) is 5.13. The molecule has 1 rings (SSSR count). The minimum Gasteiger partial charge on any atom is -0.370 e. The SMILES string of the molecule is NC(N)=NCCCC(N)C(=O)OOc1c([N+](=O)[O-])cc([N+](=O)[O-])cc1[N+](=O)[O-]. The number of hydrogen-bond acceptors (Lipinski definition) is 11. The molecular formula is C12H15N7O9. The highest BCUT2D eigenvalue weighted by molar-refractivity contribution is 5.76. The Morgan fingerprint density at radius 2 is 1.61 bits per heavy atom. The first-order chi connectivity index (χ1) is 13.0. The van der Waals surface area contributed by atoms with Crippen LogP contribution >= 0.6 is 0 Å². The number of rotatable bonds is 10. The largest absolute Gasteiger partial charge is 0.371 e. The second kappa shape index (κ2) is 9.57. The summed E-state index contributed by atoms with van der Waals surface area (Å²) in [4.78, 5) is 53.7. The predicted molar refractivity (Wildman–Crippen MR) is 91.0 cm³/mol. The maximum Gasteiger partial charge on any atom is 0.371 e. The van der Waals surface area contributed by atoms with Gasteiger partial charge < -0.3 is 17.2 Å². The van der Waals surface area contributed by atoms with Crippen molar-refractivity contribution in [2.24, 2.45) is 22.2 Å². The fourth-order valence-corrected chi connectivity index (χ4v) is 1.83. The average molecular weight is 401 g/mol. The predicted octanol–water partition coefficient (Wildman–Crippen LogP) is -0.371. The number of carbonyl (C=O) groups excluding carboxylic acids is 1. The third-order valence-electron chi connectivity index (χ3n) is 3.12. The first kappa shape index (κ1) is 22.0. The van der Waals surface area contributed by atoms with Gasteiger partial charge in [0.2, 0.25) is 0 Å². The van der Waals surface area contributed by atoms with E-state index in [1.54, 1.807) is 0 Å². The number of aliphatic imine (C=N–C) groups is 1. The van der Waals surface area contributed by atoms with Crippen LogP contribution in [-0.2, 0) is 9.68 Å². The van der Waals surface area contributed by atoms with Crippen molar-refractivity contribution in [3.8, 4) is 5.75 Å². The van der Waals surface area contributed by atoms with Gasteiger partial charge in [0, 0.05) is 6.54 Å². The standard InChI is InChI=1S/C12H15N7O9/c13-7(2-1-3-16-12(14)15)11(20)28-27-10-8(18(23)24)4-6(17(21)22)5-9(10)19(25)26/h4-5,7H,1-3,13H2,(H4,14,15,16). The monoisotopic (exact) mass is 401 g/mol. The lowest BCUT2D eigenvalue weighted by Gasteiger charge is -2.10. The van der Waals surface area contributed by atoms with Crippen LogP contribution in [0.3, 0.4) is 0 Å². The van der Waals surface area contributed by atoms with Gasteiger partial charge in [0.1, 0.15) is 6.04 Å². The Hall–Kier alpha value is -4.08. The van der Waals surface area contributed by atoms with Crippen molar-refractivity contribution < 1.29 is 29.3 Å². The molecule has 152 valence electrons. The molecule has 16 heteroatoms. The zero-order chi connectivity index (χ0) is 21.4. The zero-order valence-corrected chi connectivity index (χ0v) is 14.0.